The van der Waals surface area contributed by atoms with E-state index in [1.165, 1.54) is 23.5 Å². The number of hydrogen-bond donors (Lipinski definition) is 2. The summed E-state index contributed by atoms with van der Waals surface area (Å²) in [5, 5.41) is 20.5. The third-order valence-corrected chi connectivity index (χ3v) is 6.81. The van der Waals surface area contributed by atoms with E-state index < -0.39 is 11.9 Å². The molecule has 138 valence electrons. The van der Waals surface area contributed by atoms with Crippen molar-refractivity contribution < 1.29 is 19.8 Å². The third-order valence-electron chi connectivity index (χ3n) is 3.22. The Bertz CT molecular complexity index is 727. The lowest BCUT2D eigenvalue weighted by Crippen LogP contribution is -2.01. The Hall–Kier alpha value is -1.77. The van der Waals surface area contributed by atoms with Gasteiger partial charge in [0.2, 0.25) is 0 Å². The molecule has 0 saturated heterocycles. The van der Waals surface area contributed by atoms with Crippen LogP contribution in [0.3, 0.4) is 0 Å². The molecule has 8 heteroatoms. The van der Waals surface area contributed by atoms with Crippen molar-refractivity contribution in [2.45, 2.75) is 17.4 Å². The molecule has 0 fully saturated rings. The van der Waals surface area contributed by atoms with Gasteiger partial charge in [0.1, 0.15) is 5.01 Å². The highest BCUT2D eigenvalue weighted by Gasteiger charge is 2.14. The number of aromatic nitrogens is 1. The summed E-state index contributed by atoms with van der Waals surface area (Å²) in [6.07, 6.45) is 5.88. The molecule has 0 bridgehead atoms. The predicted molar refractivity (Wildman–Crippen MR) is 110 cm³/mol. The van der Waals surface area contributed by atoms with Crippen LogP contribution in [-0.2, 0) is 9.59 Å². The lowest BCUT2D eigenvalue weighted by molar-refractivity contribution is -0.137. The summed E-state index contributed by atoms with van der Waals surface area (Å²) in [6.45, 7) is 0. The molecule has 26 heavy (non-hydrogen) atoms. The van der Waals surface area contributed by atoms with Crippen molar-refractivity contribution in [3.05, 3.63) is 52.0 Å². The Morgan fingerprint density at radius 3 is 2.38 bits per heavy atom. The van der Waals surface area contributed by atoms with Gasteiger partial charge in [0.15, 0.2) is 0 Å². The molecule has 0 aliphatic rings. The van der Waals surface area contributed by atoms with Gasteiger partial charge in [-0.15, -0.1) is 34.9 Å². The number of carboxylic acid groups (broad SMARTS) is 2. The minimum Gasteiger partial charge on any atom is -0.481 e. The molecule has 1 aromatic heterocycles. The first-order chi connectivity index (χ1) is 12.5. The van der Waals surface area contributed by atoms with Gasteiger partial charge in [-0.05, 0) is 23.3 Å². The van der Waals surface area contributed by atoms with E-state index in [4.69, 9.17) is 10.2 Å². The molecule has 0 amide bonds. The fraction of sp³-hybridized carbons (Fsp3) is 0.278. The van der Waals surface area contributed by atoms with E-state index in [0.717, 1.165) is 16.1 Å². The lowest BCUT2D eigenvalue weighted by Gasteiger charge is -2.16. The zero-order valence-corrected chi connectivity index (χ0v) is 16.4. The summed E-state index contributed by atoms with van der Waals surface area (Å²) < 4.78 is 0.00177. The van der Waals surface area contributed by atoms with E-state index in [1.54, 1.807) is 17.5 Å². The first-order valence-corrected chi connectivity index (χ1v) is 10.9. The maximum Gasteiger partial charge on any atom is 0.304 e. The number of carbonyl (C=O) groups is 2. The first kappa shape index (κ1) is 20.5. The summed E-state index contributed by atoms with van der Waals surface area (Å²) in [6, 6.07) is 8.00. The fourth-order valence-corrected chi connectivity index (χ4v) is 5.22. The van der Waals surface area contributed by atoms with E-state index in [9.17, 15) is 9.59 Å². The van der Waals surface area contributed by atoms with Gasteiger partial charge in [0, 0.05) is 23.1 Å². The average molecular weight is 410 g/mol. The molecule has 2 rings (SSSR count). The van der Waals surface area contributed by atoms with Crippen molar-refractivity contribution in [2.75, 3.05) is 11.5 Å². The molecular weight excluding hydrogens is 390 g/mol. The third kappa shape index (κ3) is 7.63. The molecule has 2 aromatic rings. The second kappa shape index (κ2) is 11.1. The Kier molecular flexibility index (Phi) is 8.73. The number of carboxylic acids is 2. The van der Waals surface area contributed by atoms with Crippen LogP contribution in [0.25, 0.3) is 12.2 Å². The second-order valence-corrected chi connectivity index (χ2v) is 8.89. The van der Waals surface area contributed by atoms with Crippen LogP contribution in [-0.4, -0.2) is 38.6 Å². The number of thioether (sulfide) groups is 2. The molecule has 0 spiro atoms. The second-order valence-electron chi connectivity index (χ2n) is 5.23. The van der Waals surface area contributed by atoms with Gasteiger partial charge < -0.3 is 10.2 Å². The molecule has 0 aliphatic heterocycles. The normalized spacial score (nSPS) is 11.3. The monoisotopic (exact) mass is 409 g/mol. The number of aliphatic carboxylic acids is 2. The van der Waals surface area contributed by atoms with Gasteiger partial charge in [-0.1, -0.05) is 24.3 Å². The van der Waals surface area contributed by atoms with Crippen molar-refractivity contribution in [3.63, 3.8) is 0 Å². The molecule has 5 nitrogen and oxygen atoms in total. The van der Waals surface area contributed by atoms with Gasteiger partial charge in [-0.3, -0.25) is 9.59 Å². The molecule has 0 aliphatic carbocycles. The highest BCUT2D eigenvalue weighted by molar-refractivity contribution is 8.16. The Balaban J connectivity index is 2.07. The standard InChI is InChI=1S/C18H19NO4S3/c20-16(21)6-9-25-18(26-10-7-17(22)23)14-3-1-2-13(12-14)4-5-15-19-8-11-24-15/h1-5,8,11-12,18H,6-7,9-10H2,(H,20,21)(H,22,23)/b5-4+. The Morgan fingerprint density at radius 2 is 1.81 bits per heavy atom. The van der Waals surface area contributed by atoms with Gasteiger partial charge in [0.05, 0.1) is 17.4 Å². The molecule has 1 heterocycles. The van der Waals surface area contributed by atoms with E-state index in [-0.39, 0.29) is 17.4 Å². The first-order valence-electron chi connectivity index (χ1n) is 7.89. The maximum absolute atomic E-state index is 10.8. The van der Waals surface area contributed by atoms with E-state index in [0.29, 0.717) is 11.5 Å². The summed E-state index contributed by atoms with van der Waals surface area (Å²) in [7, 11) is 0. The van der Waals surface area contributed by atoms with Crippen LogP contribution >= 0.6 is 34.9 Å². The fourth-order valence-electron chi connectivity index (χ4n) is 2.04. The molecular formula is C18H19NO4S3. The topological polar surface area (TPSA) is 87.5 Å². The molecule has 0 radical (unpaired) electrons. The van der Waals surface area contributed by atoms with Gasteiger partial charge in [0.25, 0.3) is 0 Å². The highest BCUT2D eigenvalue weighted by Crippen LogP contribution is 2.40. The van der Waals surface area contributed by atoms with Crippen molar-refractivity contribution >= 4 is 59.0 Å². The van der Waals surface area contributed by atoms with Crippen LogP contribution in [0.5, 0.6) is 0 Å². The van der Waals surface area contributed by atoms with Crippen LogP contribution in [0.4, 0.5) is 0 Å². The highest BCUT2D eigenvalue weighted by atomic mass is 32.2. The Morgan fingerprint density at radius 1 is 1.12 bits per heavy atom. The van der Waals surface area contributed by atoms with Gasteiger partial charge in [-0.25, -0.2) is 4.98 Å². The Labute approximate surface area is 164 Å². The minimum absolute atomic E-state index is 0.00177. The van der Waals surface area contributed by atoms with Crippen LogP contribution in [0.15, 0.2) is 35.8 Å². The number of rotatable bonds is 11. The van der Waals surface area contributed by atoms with Crippen LogP contribution < -0.4 is 0 Å². The summed E-state index contributed by atoms with van der Waals surface area (Å²) in [4.78, 5) is 25.7. The molecule has 0 unspecified atom stereocenters. The predicted octanol–water partition coefficient (Wildman–Crippen LogP) is 4.73. The van der Waals surface area contributed by atoms with E-state index in [2.05, 4.69) is 11.1 Å². The van der Waals surface area contributed by atoms with E-state index in [1.807, 2.05) is 35.7 Å². The van der Waals surface area contributed by atoms with Crippen molar-refractivity contribution in [1.29, 1.82) is 0 Å². The minimum atomic E-state index is -0.827. The zero-order chi connectivity index (χ0) is 18.8. The van der Waals surface area contributed by atoms with E-state index >= 15 is 0 Å². The number of nitrogens with zero attached hydrogens (tertiary/aromatic N) is 1. The lowest BCUT2D eigenvalue weighted by atomic mass is 10.1. The molecule has 0 saturated carbocycles. The van der Waals surface area contributed by atoms with Crippen molar-refractivity contribution in [1.82, 2.24) is 4.98 Å². The van der Waals surface area contributed by atoms with Gasteiger partial charge in [-0.2, -0.15) is 0 Å². The maximum atomic E-state index is 10.8. The summed E-state index contributed by atoms with van der Waals surface area (Å²) in [5.74, 6) is -0.683. The molecule has 0 atom stereocenters. The SMILES string of the molecule is O=C(O)CCSC(SCCC(=O)O)c1cccc(/C=C/c2nccs2)c1. The zero-order valence-electron chi connectivity index (χ0n) is 13.9. The number of hydrogen-bond acceptors (Lipinski definition) is 6. The van der Waals surface area contributed by atoms with Crippen molar-refractivity contribution in [2.24, 2.45) is 0 Å². The van der Waals surface area contributed by atoms with Crippen LogP contribution in [0, 0.1) is 0 Å². The summed E-state index contributed by atoms with van der Waals surface area (Å²) >= 11 is 4.63. The summed E-state index contributed by atoms with van der Waals surface area (Å²) in [5.41, 5.74) is 2.08. The number of benzene rings is 1. The van der Waals surface area contributed by atoms with Crippen LogP contribution in [0.2, 0.25) is 0 Å². The van der Waals surface area contributed by atoms with Gasteiger partial charge >= 0.3 is 11.9 Å². The smallest absolute Gasteiger partial charge is 0.304 e. The molecule has 2 N–H and O–H groups in total. The average Bonchev–Trinajstić information content (AvgIpc) is 3.12. The number of thiazole rings is 1. The largest absolute Gasteiger partial charge is 0.481 e. The van der Waals surface area contributed by atoms with Crippen molar-refractivity contribution in [3.8, 4) is 0 Å². The molecule has 1 aromatic carbocycles. The van der Waals surface area contributed by atoms with Crippen LogP contribution in [0.1, 0.15) is 33.6 Å². The quantitative estimate of drug-likeness (QED) is 0.519.